The van der Waals surface area contributed by atoms with Crippen molar-refractivity contribution < 1.29 is 9.63 Å². The fourth-order valence-electron chi connectivity index (χ4n) is 1.95. The van der Waals surface area contributed by atoms with Crippen LogP contribution in [0.15, 0.2) is 35.5 Å². The minimum Gasteiger partial charge on any atom is -0.389 e. The molecule has 1 unspecified atom stereocenters. The van der Waals surface area contributed by atoms with Crippen molar-refractivity contribution in [3.8, 4) is 0 Å². The highest BCUT2D eigenvalue weighted by molar-refractivity contribution is 6.30. The molecule has 1 aliphatic heterocycles. The van der Waals surface area contributed by atoms with E-state index in [4.69, 9.17) is 4.84 Å². The molecule has 2 rings (SSSR count). The van der Waals surface area contributed by atoms with Gasteiger partial charge in [0.25, 0.3) is 0 Å². The van der Waals surface area contributed by atoms with Gasteiger partial charge in [0.1, 0.15) is 11.3 Å². The molecule has 0 fully saturated rings. The topological polar surface area (TPSA) is 38.7 Å². The maximum absolute atomic E-state index is 10.9. The molecule has 0 bridgehead atoms. The second-order valence-corrected chi connectivity index (χ2v) is 4.65. The number of hydrogen-bond acceptors (Lipinski definition) is 3. The van der Waals surface area contributed by atoms with E-state index in [0.29, 0.717) is 5.71 Å². The van der Waals surface area contributed by atoms with Gasteiger partial charge in [-0.2, -0.15) is 0 Å². The predicted octanol–water partition coefficient (Wildman–Crippen LogP) is 2.52. The zero-order chi connectivity index (χ0) is 11.6. The zero-order valence-corrected chi connectivity index (χ0v) is 9.51. The van der Waals surface area contributed by atoms with Crippen LogP contribution >= 0.6 is 0 Å². The Balaban J connectivity index is 2.35. The van der Waals surface area contributed by atoms with Crippen LogP contribution in [0.5, 0.6) is 0 Å². The van der Waals surface area contributed by atoms with E-state index >= 15 is 0 Å². The zero-order valence-electron chi connectivity index (χ0n) is 9.51. The van der Waals surface area contributed by atoms with Gasteiger partial charge in [0.15, 0.2) is 6.29 Å². The molecule has 0 N–H and O–H groups in total. The second kappa shape index (κ2) is 4.08. The lowest BCUT2D eigenvalue weighted by atomic mass is 9.84. The summed E-state index contributed by atoms with van der Waals surface area (Å²) in [7, 11) is 0. The monoisotopic (exact) mass is 217 g/mol. The molecule has 84 valence electrons. The maximum atomic E-state index is 10.9. The number of carbonyl (C=O) groups is 1. The number of nitrogens with zero attached hydrogens (tertiary/aromatic N) is 1. The van der Waals surface area contributed by atoms with Crippen LogP contribution in [-0.2, 0) is 9.63 Å². The Morgan fingerprint density at radius 2 is 2.06 bits per heavy atom. The summed E-state index contributed by atoms with van der Waals surface area (Å²) in [5, 5.41) is 3.91. The van der Waals surface area contributed by atoms with Crippen molar-refractivity contribution in [2.75, 3.05) is 0 Å². The van der Waals surface area contributed by atoms with Gasteiger partial charge in [0.2, 0.25) is 0 Å². The molecule has 0 saturated carbocycles. The molecule has 0 aromatic heterocycles. The molecule has 0 saturated heterocycles. The number of oxime groups is 1. The van der Waals surface area contributed by atoms with Crippen molar-refractivity contribution in [1.82, 2.24) is 0 Å². The van der Waals surface area contributed by atoms with E-state index in [0.717, 1.165) is 18.3 Å². The van der Waals surface area contributed by atoms with Crippen molar-refractivity contribution in [1.29, 1.82) is 0 Å². The van der Waals surface area contributed by atoms with Crippen molar-refractivity contribution in [3.63, 3.8) is 0 Å². The number of carbonyl (C=O) groups excluding carboxylic acids is 1. The van der Waals surface area contributed by atoms with Crippen molar-refractivity contribution in [2.24, 2.45) is 5.16 Å². The first-order chi connectivity index (χ1) is 7.62. The van der Waals surface area contributed by atoms with E-state index in [1.807, 2.05) is 44.2 Å². The normalized spacial score (nSPS) is 23.1. The molecule has 1 atom stereocenters. The van der Waals surface area contributed by atoms with E-state index in [9.17, 15) is 4.79 Å². The second-order valence-electron chi connectivity index (χ2n) is 4.65. The van der Waals surface area contributed by atoms with Crippen LogP contribution in [0.2, 0.25) is 0 Å². The standard InChI is InChI=1S/C13H15NO2/c1-13(2)8-11(12(9-15)14-16-13)10-6-4-3-5-7-10/h3-7,9,11H,8H2,1-2H3. The minimum absolute atomic E-state index is 0.0439. The smallest absolute Gasteiger partial charge is 0.168 e. The van der Waals surface area contributed by atoms with Crippen molar-refractivity contribution in [3.05, 3.63) is 35.9 Å². The Bertz CT molecular complexity index is 409. The van der Waals surface area contributed by atoms with E-state index < -0.39 is 0 Å². The summed E-state index contributed by atoms with van der Waals surface area (Å²) in [6.07, 6.45) is 1.56. The highest BCUT2D eigenvalue weighted by atomic mass is 16.6. The molecule has 3 heteroatoms. The van der Waals surface area contributed by atoms with Gasteiger partial charge in [-0.05, 0) is 19.4 Å². The fraction of sp³-hybridized carbons (Fsp3) is 0.385. The van der Waals surface area contributed by atoms with Crippen LogP contribution in [0, 0.1) is 0 Å². The molecule has 3 nitrogen and oxygen atoms in total. The SMILES string of the molecule is CC1(C)CC(c2ccccc2)C(C=O)=NO1. The van der Waals surface area contributed by atoms with E-state index in [1.165, 1.54) is 0 Å². The quantitative estimate of drug-likeness (QED) is 0.714. The lowest BCUT2D eigenvalue weighted by Crippen LogP contribution is -2.34. The fourth-order valence-corrected chi connectivity index (χ4v) is 1.95. The summed E-state index contributed by atoms with van der Waals surface area (Å²) in [5.41, 5.74) is 1.28. The molecule has 0 radical (unpaired) electrons. The number of rotatable bonds is 2. The van der Waals surface area contributed by atoms with Gasteiger partial charge < -0.3 is 4.84 Å². The lowest BCUT2D eigenvalue weighted by molar-refractivity contribution is -0.104. The minimum atomic E-state index is -0.312. The predicted molar refractivity (Wildman–Crippen MR) is 62.5 cm³/mol. The highest BCUT2D eigenvalue weighted by Crippen LogP contribution is 2.33. The third-order valence-corrected chi connectivity index (χ3v) is 2.77. The largest absolute Gasteiger partial charge is 0.389 e. The lowest BCUT2D eigenvalue weighted by Gasteiger charge is -2.32. The Labute approximate surface area is 95.1 Å². The first-order valence-electron chi connectivity index (χ1n) is 5.38. The van der Waals surface area contributed by atoms with Gasteiger partial charge in [-0.15, -0.1) is 0 Å². The van der Waals surface area contributed by atoms with Gasteiger partial charge in [-0.25, -0.2) is 0 Å². The van der Waals surface area contributed by atoms with Crippen molar-refractivity contribution in [2.45, 2.75) is 31.8 Å². The molecule has 16 heavy (non-hydrogen) atoms. The average molecular weight is 217 g/mol. The summed E-state index contributed by atoms with van der Waals surface area (Å²) >= 11 is 0. The van der Waals surface area contributed by atoms with Crippen LogP contribution in [0.25, 0.3) is 0 Å². The summed E-state index contributed by atoms with van der Waals surface area (Å²) < 4.78 is 0. The number of hydrogen-bond donors (Lipinski definition) is 0. The molecule has 0 amide bonds. The summed E-state index contributed by atoms with van der Waals surface area (Å²) in [6, 6.07) is 9.95. The van der Waals surface area contributed by atoms with E-state index in [1.54, 1.807) is 0 Å². The summed E-state index contributed by atoms with van der Waals surface area (Å²) in [6.45, 7) is 3.96. The van der Waals surface area contributed by atoms with Gasteiger partial charge >= 0.3 is 0 Å². The maximum Gasteiger partial charge on any atom is 0.168 e. The molecular weight excluding hydrogens is 202 g/mol. The molecule has 1 aromatic rings. The molecule has 0 spiro atoms. The van der Waals surface area contributed by atoms with Gasteiger partial charge in [0.05, 0.1) is 0 Å². The van der Waals surface area contributed by atoms with E-state index in [2.05, 4.69) is 5.16 Å². The first kappa shape index (κ1) is 10.9. The summed E-state index contributed by atoms with van der Waals surface area (Å²) in [4.78, 5) is 16.2. The van der Waals surface area contributed by atoms with Crippen LogP contribution in [0.1, 0.15) is 31.7 Å². The third-order valence-electron chi connectivity index (χ3n) is 2.77. The van der Waals surface area contributed by atoms with Crippen LogP contribution < -0.4 is 0 Å². The van der Waals surface area contributed by atoms with Crippen molar-refractivity contribution >= 4 is 12.0 Å². The molecule has 1 aliphatic rings. The Hall–Kier alpha value is -1.64. The van der Waals surface area contributed by atoms with Gasteiger partial charge in [-0.3, -0.25) is 4.79 Å². The third kappa shape index (κ3) is 2.13. The van der Waals surface area contributed by atoms with E-state index in [-0.39, 0.29) is 11.5 Å². The Morgan fingerprint density at radius 3 is 2.69 bits per heavy atom. The van der Waals surface area contributed by atoms with Gasteiger partial charge in [0, 0.05) is 12.3 Å². The summed E-state index contributed by atoms with van der Waals surface area (Å²) in [5.74, 6) is 0.0439. The van der Waals surface area contributed by atoms with Gasteiger partial charge in [-0.1, -0.05) is 35.5 Å². The number of aldehydes is 1. The molecule has 0 aliphatic carbocycles. The van der Waals surface area contributed by atoms with Crippen LogP contribution in [0.4, 0.5) is 0 Å². The highest BCUT2D eigenvalue weighted by Gasteiger charge is 2.33. The van der Waals surface area contributed by atoms with Crippen LogP contribution in [0.3, 0.4) is 0 Å². The molecular formula is C13H15NO2. The molecule has 1 heterocycles. The average Bonchev–Trinajstić information content (AvgIpc) is 2.29. The van der Waals surface area contributed by atoms with Crippen LogP contribution in [-0.4, -0.2) is 17.6 Å². The first-order valence-corrected chi connectivity index (χ1v) is 5.38. The Morgan fingerprint density at radius 1 is 1.38 bits per heavy atom. The Kier molecular flexibility index (Phi) is 2.77. The molecule has 1 aromatic carbocycles. The number of benzene rings is 1.